The Morgan fingerprint density at radius 3 is 2.55 bits per heavy atom. The predicted octanol–water partition coefficient (Wildman–Crippen LogP) is 5.38. The number of ether oxygens (including phenoxy) is 2. The van der Waals surface area contributed by atoms with Gasteiger partial charge >= 0.3 is 0 Å². The molecule has 0 saturated carbocycles. The van der Waals surface area contributed by atoms with E-state index in [1.807, 2.05) is 55.5 Å². The van der Waals surface area contributed by atoms with Crippen LogP contribution < -0.4 is 19.9 Å². The molecule has 1 N–H and O–H groups in total. The zero-order chi connectivity index (χ0) is 27.1. The number of fused-ring (bicyclic) bond motifs is 1. The Morgan fingerprint density at radius 1 is 1.03 bits per heavy atom. The van der Waals surface area contributed by atoms with Crippen molar-refractivity contribution >= 4 is 46.0 Å². The maximum atomic E-state index is 12.7. The monoisotopic (exact) mass is 525 g/mol. The van der Waals surface area contributed by atoms with Crippen LogP contribution in [0.5, 0.6) is 11.5 Å². The third-order valence-electron chi connectivity index (χ3n) is 5.62. The molecule has 0 bridgehead atoms. The Balaban J connectivity index is 1.58. The third kappa shape index (κ3) is 6.12. The molecule has 0 aliphatic rings. The number of carboxylic acids is 1. The Bertz CT molecular complexity index is 1580. The van der Waals surface area contributed by atoms with E-state index in [1.165, 1.54) is 30.3 Å². The lowest BCUT2D eigenvalue weighted by Gasteiger charge is -2.15. The first-order valence-electron chi connectivity index (χ1n) is 11.7. The number of benzene rings is 4. The molecule has 0 aromatic heterocycles. The van der Waals surface area contributed by atoms with Crippen LogP contribution in [0.1, 0.15) is 28.4 Å². The van der Waals surface area contributed by atoms with E-state index in [0.29, 0.717) is 23.7 Å². The lowest BCUT2D eigenvalue weighted by molar-refractivity contribution is -0.255. The van der Waals surface area contributed by atoms with E-state index in [9.17, 15) is 20.0 Å². The summed E-state index contributed by atoms with van der Waals surface area (Å²) in [5.41, 5.74) is 1.33. The molecule has 0 aliphatic heterocycles. The first kappa shape index (κ1) is 26.3. The molecule has 0 heterocycles. The van der Waals surface area contributed by atoms with Crippen LogP contribution in [0.4, 0.5) is 5.69 Å². The van der Waals surface area contributed by atoms with E-state index in [2.05, 4.69) is 5.32 Å². The molecular weight excluding hydrogens is 504 g/mol. The van der Waals surface area contributed by atoms with Crippen LogP contribution in [0, 0.1) is 11.3 Å². The summed E-state index contributed by atoms with van der Waals surface area (Å²) in [4.78, 5) is 23.8. The molecule has 0 spiro atoms. The Morgan fingerprint density at radius 2 is 1.79 bits per heavy atom. The van der Waals surface area contributed by atoms with E-state index in [0.717, 1.165) is 16.3 Å². The maximum Gasteiger partial charge on any atom is 0.266 e. The van der Waals surface area contributed by atoms with Gasteiger partial charge in [0.2, 0.25) is 0 Å². The first-order chi connectivity index (χ1) is 18.4. The number of carbonyl (C=O) groups excluding carboxylic acids is 2. The summed E-state index contributed by atoms with van der Waals surface area (Å²) in [7, 11) is 0. The van der Waals surface area contributed by atoms with Crippen LogP contribution in [0.2, 0.25) is 5.02 Å². The van der Waals surface area contributed by atoms with E-state index < -0.39 is 11.9 Å². The van der Waals surface area contributed by atoms with Crippen molar-refractivity contribution in [3.8, 4) is 17.6 Å². The number of rotatable bonds is 9. The quantitative estimate of drug-likeness (QED) is 0.232. The minimum atomic E-state index is -1.38. The van der Waals surface area contributed by atoms with Gasteiger partial charge in [-0.1, -0.05) is 66.2 Å². The molecule has 0 atom stereocenters. The third-order valence-corrected chi connectivity index (χ3v) is 5.90. The van der Waals surface area contributed by atoms with Crippen molar-refractivity contribution in [1.82, 2.24) is 0 Å². The molecule has 4 rings (SSSR count). The smallest absolute Gasteiger partial charge is 0.266 e. The number of nitrogens with one attached hydrogen (secondary N) is 1. The number of nitrogens with zero attached hydrogens (tertiary/aromatic N) is 1. The second-order valence-corrected chi connectivity index (χ2v) is 8.59. The Kier molecular flexibility index (Phi) is 8.27. The lowest BCUT2D eigenvalue weighted by Crippen LogP contribution is -2.22. The van der Waals surface area contributed by atoms with E-state index in [1.54, 1.807) is 12.1 Å². The average Bonchev–Trinajstić information content (AvgIpc) is 2.91. The lowest BCUT2D eigenvalue weighted by atomic mass is 10.1. The number of anilines is 1. The predicted molar refractivity (Wildman–Crippen MR) is 144 cm³/mol. The highest BCUT2D eigenvalue weighted by molar-refractivity contribution is 6.32. The van der Waals surface area contributed by atoms with Crippen molar-refractivity contribution in [1.29, 1.82) is 5.26 Å². The van der Waals surface area contributed by atoms with Gasteiger partial charge in [-0.05, 0) is 64.7 Å². The van der Waals surface area contributed by atoms with Gasteiger partial charge in [-0.3, -0.25) is 4.79 Å². The van der Waals surface area contributed by atoms with Crippen molar-refractivity contribution in [3.05, 3.63) is 106 Å². The molecule has 0 radical (unpaired) electrons. The molecule has 0 fully saturated rings. The average molecular weight is 526 g/mol. The van der Waals surface area contributed by atoms with Gasteiger partial charge in [-0.15, -0.1) is 0 Å². The molecule has 38 heavy (non-hydrogen) atoms. The van der Waals surface area contributed by atoms with Gasteiger partial charge in [0.05, 0.1) is 17.6 Å². The van der Waals surface area contributed by atoms with Crippen molar-refractivity contribution in [2.24, 2.45) is 0 Å². The molecule has 0 unspecified atom stereocenters. The molecule has 190 valence electrons. The molecule has 4 aromatic carbocycles. The van der Waals surface area contributed by atoms with Crippen LogP contribution in [-0.4, -0.2) is 18.5 Å². The number of aromatic carboxylic acids is 1. The van der Waals surface area contributed by atoms with E-state index in [-0.39, 0.29) is 28.5 Å². The van der Waals surface area contributed by atoms with Gasteiger partial charge in [0.15, 0.2) is 11.5 Å². The molecule has 1 amide bonds. The van der Waals surface area contributed by atoms with Gasteiger partial charge in [-0.25, -0.2) is 0 Å². The molecular formula is C30H22ClN2O5-. The number of hydrogen-bond acceptors (Lipinski definition) is 6. The van der Waals surface area contributed by atoms with E-state index in [4.69, 9.17) is 21.1 Å². The van der Waals surface area contributed by atoms with Gasteiger partial charge < -0.3 is 24.7 Å². The van der Waals surface area contributed by atoms with Crippen molar-refractivity contribution < 1.29 is 24.2 Å². The second kappa shape index (κ2) is 12.0. The summed E-state index contributed by atoms with van der Waals surface area (Å²) >= 11 is 6.56. The van der Waals surface area contributed by atoms with Crippen molar-refractivity contribution in [2.75, 3.05) is 11.9 Å². The summed E-state index contributed by atoms with van der Waals surface area (Å²) in [6, 6.07) is 24.6. The fraction of sp³-hybridized carbons (Fsp3) is 0.100. The zero-order valence-corrected chi connectivity index (χ0v) is 21.1. The molecule has 0 saturated heterocycles. The number of halogens is 1. The Hall–Kier alpha value is -4.80. The molecule has 0 aliphatic carbocycles. The highest BCUT2D eigenvalue weighted by Gasteiger charge is 2.16. The number of nitriles is 1. The van der Waals surface area contributed by atoms with Crippen LogP contribution in [0.25, 0.3) is 16.8 Å². The standard InChI is InChI=1S/C30H23ClN2O5/c1-2-37-27-15-19(13-23(17-32)29(34)33-24-11-6-9-21(16-24)30(35)36)14-26(31)28(27)38-18-22-10-5-8-20-7-3-4-12-25(20)22/h3-16H,2,18H2,1H3,(H,33,34)(H,35,36)/p-1/b23-13-. The summed E-state index contributed by atoms with van der Waals surface area (Å²) in [6.07, 6.45) is 1.36. The van der Waals surface area contributed by atoms with Crippen LogP contribution in [0.3, 0.4) is 0 Å². The Labute approximate surface area is 224 Å². The minimum Gasteiger partial charge on any atom is -0.545 e. The van der Waals surface area contributed by atoms with Gasteiger partial charge in [0, 0.05) is 5.69 Å². The fourth-order valence-corrected chi connectivity index (χ4v) is 4.15. The number of carbonyl (C=O) groups is 2. The zero-order valence-electron chi connectivity index (χ0n) is 20.4. The van der Waals surface area contributed by atoms with E-state index >= 15 is 0 Å². The summed E-state index contributed by atoms with van der Waals surface area (Å²) < 4.78 is 11.8. The van der Waals surface area contributed by atoms with Crippen molar-refractivity contribution in [2.45, 2.75) is 13.5 Å². The van der Waals surface area contributed by atoms with Crippen LogP contribution in [-0.2, 0) is 11.4 Å². The van der Waals surface area contributed by atoms with Crippen molar-refractivity contribution in [3.63, 3.8) is 0 Å². The first-order valence-corrected chi connectivity index (χ1v) is 12.1. The van der Waals surface area contributed by atoms with Crippen LogP contribution >= 0.6 is 11.6 Å². The second-order valence-electron chi connectivity index (χ2n) is 8.18. The molecule has 7 nitrogen and oxygen atoms in total. The topological polar surface area (TPSA) is 111 Å². The highest BCUT2D eigenvalue weighted by Crippen LogP contribution is 2.38. The summed E-state index contributed by atoms with van der Waals surface area (Å²) in [5, 5.41) is 25.6. The largest absolute Gasteiger partial charge is 0.545 e. The molecule has 4 aromatic rings. The normalized spacial score (nSPS) is 11.0. The SMILES string of the molecule is CCOc1cc(/C=C(/C#N)C(=O)Nc2cccc(C(=O)[O-])c2)cc(Cl)c1OCc1cccc2ccccc12. The maximum absolute atomic E-state index is 12.7. The number of carboxylic acid groups (broad SMARTS) is 1. The fourth-order valence-electron chi connectivity index (χ4n) is 3.88. The van der Waals surface area contributed by atoms with Gasteiger partial charge in [0.1, 0.15) is 18.2 Å². The number of hydrogen-bond donors (Lipinski definition) is 1. The number of amides is 1. The minimum absolute atomic E-state index is 0.0995. The summed E-state index contributed by atoms with van der Waals surface area (Å²) in [5.74, 6) is -1.38. The molecule has 8 heteroatoms. The summed E-state index contributed by atoms with van der Waals surface area (Å²) in [6.45, 7) is 2.42. The highest BCUT2D eigenvalue weighted by atomic mass is 35.5. The van der Waals surface area contributed by atoms with Crippen LogP contribution in [0.15, 0.2) is 84.4 Å². The van der Waals surface area contributed by atoms with Gasteiger partial charge in [0.25, 0.3) is 5.91 Å². The van der Waals surface area contributed by atoms with Gasteiger partial charge in [-0.2, -0.15) is 5.26 Å².